The van der Waals surface area contributed by atoms with Gasteiger partial charge in [0, 0.05) is 10.0 Å². The molecule has 0 radical (unpaired) electrons. The molecule has 2 rings (SSSR count). The molecular weight excluding hydrogens is 234 g/mol. The van der Waals surface area contributed by atoms with Gasteiger partial charge in [-0.2, -0.15) is 0 Å². The van der Waals surface area contributed by atoms with E-state index in [-0.39, 0.29) is 6.04 Å². The summed E-state index contributed by atoms with van der Waals surface area (Å²) in [5, 5.41) is 12.3. The molecule has 0 bridgehead atoms. The monoisotopic (exact) mass is 241 g/mol. The number of fused-ring (bicyclic) bond motifs is 1. The molecule has 2 N–H and O–H groups in total. The highest BCUT2D eigenvalue weighted by molar-refractivity contribution is 9.10. The quantitative estimate of drug-likeness (QED) is 0.729. The van der Waals surface area contributed by atoms with Gasteiger partial charge in [-0.05, 0) is 17.7 Å². The van der Waals surface area contributed by atoms with E-state index in [9.17, 15) is 9.90 Å². The number of benzene rings is 1. The zero-order chi connectivity index (χ0) is 9.42. The smallest absolute Gasteiger partial charge is 0.141 e. The number of aldehydes is 1. The molecular formula is C9H8BrNO2. The summed E-state index contributed by atoms with van der Waals surface area (Å²) >= 11 is 3.31. The lowest BCUT2D eigenvalue weighted by Gasteiger charge is -2.02. The second-order valence-corrected chi connectivity index (χ2v) is 3.87. The van der Waals surface area contributed by atoms with E-state index in [1.165, 1.54) is 0 Å². The number of halogens is 1. The van der Waals surface area contributed by atoms with Crippen LogP contribution >= 0.6 is 15.9 Å². The minimum atomic E-state index is -0.734. The first-order valence-electron chi connectivity index (χ1n) is 3.91. The molecule has 0 aliphatic carbocycles. The van der Waals surface area contributed by atoms with Gasteiger partial charge < -0.3 is 9.90 Å². The Balaban J connectivity index is 2.51. The Morgan fingerprint density at radius 2 is 2.23 bits per heavy atom. The summed E-state index contributed by atoms with van der Waals surface area (Å²) in [6.07, 6.45) is 0.0610. The van der Waals surface area contributed by atoms with Gasteiger partial charge in [0.05, 0.1) is 6.04 Å². The highest BCUT2D eigenvalue weighted by Gasteiger charge is 2.28. The number of carbonyl (C=O) groups is 1. The summed E-state index contributed by atoms with van der Waals surface area (Å²) in [4.78, 5) is 10.6. The van der Waals surface area contributed by atoms with E-state index in [0.717, 1.165) is 21.9 Å². The van der Waals surface area contributed by atoms with E-state index >= 15 is 0 Å². The Morgan fingerprint density at radius 3 is 2.92 bits per heavy atom. The molecule has 0 aromatic heterocycles. The van der Waals surface area contributed by atoms with Crippen molar-refractivity contribution in [1.29, 1.82) is 0 Å². The van der Waals surface area contributed by atoms with Crippen molar-refractivity contribution in [2.45, 2.75) is 12.3 Å². The number of nitrogens with one attached hydrogen (secondary N) is 1. The number of aliphatic hydroxyl groups excluding tert-OH is 1. The summed E-state index contributed by atoms with van der Waals surface area (Å²) in [7, 11) is 0. The fraction of sp³-hybridized carbons (Fsp3) is 0.222. The van der Waals surface area contributed by atoms with E-state index in [2.05, 4.69) is 21.2 Å². The van der Waals surface area contributed by atoms with Gasteiger partial charge in [0.2, 0.25) is 0 Å². The number of hydrogen-bond donors (Lipinski definition) is 2. The fourth-order valence-electron chi connectivity index (χ4n) is 1.53. The Kier molecular flexibility index (Phi) is 2.19. The third-order valence-corrected chi connectivity index (χ3v) is 2.65. The van der Waals surface area contributed by atoms with Crippen molar-refractivity contribution in [2.24, 2.45) is 0 Å². The SMILES string of the molecule is O=CC1NC(O)c2cc(Br)ccc21. The molecule has 1 heterocycles. The van der Waals surface area contributed by atoms with E-state index in [4.69, 9.17) is 0 Å². The molecule has 13 heavy (non-hydrogen) atoms. The summed E-state index contributed by atoms with van der Waals surface area (Å²) in [5.41, 5.74) is 1.62. The largest absolute Gasteiger partial charge is 0.374 e. The number of aliphatic hydroxyl groups is 1. The maximum Gasteiger partial charge on any atom is 0.141 e. The Morgan fingerprint density at radius 1 is 1.46 bits per heavy atom. The molecule has 0 fully saturated rings. The van der Waals surface area contributed by atoms with E-state index < -0.39 is 6.23 Å². The Labute approximate surface area is 83.9 Å². The zero-order valence-electron chi connectivity index (χ0n) is 6.70. The lowest BCUT2D eigenvalue weighted by atomic mass is 10.1. The first-order valence-corrected chi connectivity index (χ1v) is 4.70. The number of rotatable bonds is 1. The molecule has 0 amide bonds. The molecule has 3 nitrogen and oxygen atoms in total. The van der Waals surface area contributed by atoms with Crippen LogP contribution in [-0.2, 0) is 4.79 Å². The van der Waals surface area contributed by atoms with Crippen LogP contribution in [0.5, 0.6) is 0 Å². The molecule has 0 saturated heterocycles. The van der Waals surface area contributed by atoms with Crippen molar-refractivity contribution >= 4 is 22.2 Å². The normalized spacial score (nSPS) is 25.7. The van der Waals surface area contributed by atoms with Crippen LogP contribution in [0.15, 0.2) is 22.7 Å². The summed E-state index contributed by atoms with van der Waals surface area (Å²) < 4.78 is 0.902. The van der Waals surface area contributed by atoms with Gasteiger partial charge in [-0.15, -0.1) is 0 Å². The van der Waals surface area contributed by atoms with Crippen molar-refractivity contribution in [3.8, 4) is 0 Å². The molecule has 0 spiro atoms. The molecule has 1 aromatic rings. The molecule has 68 valence electrons. The Bertz CT molecular complexity index is 353. The predicted molar refractivity (Wildman–Crippen MR) is 51.0 cm³/mol. The molecule has 2 atom stereocenters. The van der Waals surface area contributed by atoms with Gasteiger partial charge >= 0.3 is 0 Å². The molecule has 1 aliphatic rings. The van der Waals surface area contributed by atoms with Gasteiger partial charge in [0.1, 0.15) is 12.5 Å². The minimum absolute atomic E-state index is 0.377. The lowest BCUT2D eigenvalue weighted by molar-refractivity contribution is -0.110. The second kappa shape index (κ2) is 3.21. The van der Waals surface area contributed by atoms with Crippen molar-refractivity contribution in [3.05, 3.63) is 33.8 Å². The lowest BCUT2D eigenvalue weighted by Crippen LogP contribution is -2.17. The minimum Gasteiger partial charge on any atom is -0.374 e. The third kappa shape index (κ3) is 1.41. The molecule has 2 unspecified atom stereocenters. The van der Waals surface area contributed by atoms with Crippen molar-refractivity contribution in [3.63, 3.8) is 0 Å². The standard InChI is InChI=1S/C9H8BrNO2/c10-5-1-2-6-7(3-5)9(13)11-8(6)4-12/h1-4,8-9,11,13H. The van der Waals surface area contributed by atoms with Gasteiger partial charge in [0.15, 0.2) is 0 Å². The third-order valence-electron chi connectivity index (χ3n) is 2.15. The van der Waals surface area contributed by atoms with Crippen LogP contribution < -0.4 is 5.32 Å². The second-order valence-electron chi connectivity index (χ2n) is 2.96. The van der Waals surface area contributed by atoms with Crippen molar-refractivity contribution < 1.29 is 9.90 Å². The zero-order valence-corrected chi connectivity index (χ0v) is 8.28. The van der Waals surface area contributed by atoms with Gasteiger partial charge in [-0.1, -0.05) is 22.0 Å². The predicted octanol–water partition coefficient (Wildman–Crippen LogP) is 1.28. The van der Waals surface area contributed by atoms with Gasteiger partial charge in [-0.25, -0.2) is 0 Å². The highest BCUT2D eigenvalue weighted by Crippen LogP contribution is 2.32. The average molecular weight is 242 g/mol. The van der Waals surface area contributed by atoms with Crippen LogP contribution in [0.1, 0.15) is 23.4 Å². The summed E-state index contributed by atoms with van der Waals surface area (Å²) in [5.74, 6) is 0. The summed E-state index contributed by atoms with van der Waals surface area (Å²) in [6.45, 7) is 0. The van der Waals surface area contributed by atoms with Gasteiger partial charge in [0.25, 0.3) is 0 Å². The topological polar surface area (TPSA) is 49.3 Å². The van der Waals surface area contributed by atoms with Crippen molar-refractivity contribution in [2.75, 3.05) is 0 Å². The van der Waals surface area contributed by atoms with Crippen LogP contribution in [0.2, 0.25) is 0 Å². The first-order chi connectivity index (χ1) is 6.22. The van der Waals surface area contributed by atoms with E-state index in [1.807, 2.05) is 18.2 Å². The number of carbonyl (C=O) groups excluding carboxylic acids is 1. The maximum absolute atomic E-state index is 10.6. The molecule has 4 heteroatoms. The molecule has 1 aliphatic heterocycles. The Hall–Kier alpha value is -0.710. The number of hydrogen-bond acceptors (Lipinski definition) is 3. The highest BCUT2D eigenvalue weighted by atomic mass is 79.9. The van der Waals surface area contributed by atoms with Crippen LogP contribution in [0, 0.1) is 0 Å². The summed E-state index contributed by atoms with van der Waals surface area (Å²) in [6, 6.07) is 5.13. The maximum atomic E-state index is 10.6. The molecule has 0 saturated carbocycles. The van der Waals surface area contributed by atoms with Crippen molar-refractivity contribution in [1.82, 2.24) is 5.32 Å². The van der Waals surface area contributed by atoms with Gasteiger partial charge in [-0.3, -0.25) is 5.32 Å². The first kappa shape index (κ1) is 8.87. The fourth-order valence-corrected chi connectivity index (χ4v) is 1.91. The van der Waals surface area contributed by atoms with E-state index in [1.54, 1.807) is 0 Å². The van der Waals surface area contributed by atoms with Crippen LogP contribution in [0.3, 0.4) is 0 Å². The van der Waals surface area contributed by atoms with Crippen LogP contribution in [-0.4, -0.2) is 11.4 Å². The van der Waals surface area contributed by atoms with Crippen LogP contribution in [0.4, 0.5) is 0 Å². The average Bonchev–Trinajstić information content (AvgIpc) is 2.43. The molecule has 1 aromatic carbocycles. The van der Waals surface area contributed by atoms with Crippen LogP contribution in [0.25, 0.3) is 0 Å². The van der Waals surface area contributed by atoms with E-state index in [0.29, 0.717) is 0 Å².